The van der Waals surface area contributed by atoms with Crippen LogP contribution in [-0.4, -0.2) is 44.8 Å². The van der Waals surface area contributed by atoms with Crippen LogP contribution in [0.3, 0.4) is 0 Å². The number of carbonyl (C=O) groups is 2. The molecule has 1 aliphatic heterocycles. The van der Waals surface area contributed by atoms with Crippen molar-refractivity contribution in [2.75, 3.05) is 18.1 Å². The molecule has 6 nitrogen and oxygen atoms in total. The molecule has 1 aromatic heterocycles. The second-order valence-corrected chi connectivity index (χ2v) is 9.79. The van der Waals surface area contributed by atoms with E-state index in [0.717, 1.165) is 28.0 Å². The number of nitrogens with one attached hydrogen (secondary N) is 1. The van der Waals surface area contributed by atoms with E-state index in [-0.39, 0.29) is 22.5 Å². The lowest BCUT2D eigenvalue weighted by atomic mass is 10.2. The molecule has 1 fully saturated rings. The smallest absolute Gasteiger partial charge is 0.325 e. The average Bonchev–Trinajstić information content (AvgIpc) is 3.20. The minimum atomic E-state index is -0.283. The number of benzene rings is 1. The lowest BCUT2D eigenvalue weighted by molar-refractivity contribution is -0.143. The predicted octanol–water partition coefficient (Wildman–Crippen LogP) is 3.24. The Kier molecular flexibility index (Phi) is 6.49. The van der Waals surface area contributed by atoms with Gasteiger partial charge < -0.3 is 9.30 Å². The molecule has 0 atom stereocenters. The van der Waals surface area contributed by atoms with Gasteiger partial charge in [0.1, 0.15) is 6.54 Å². The zero-order valence-electron chi connectivity index (χ0n) is 15.4. The molecule has 1 amide bonds. The maximum Gasteiger partial charge on any atom is 0.325 e. The van der Waals surface area contributed by atoms with Gasteiger partial charge in [-0.2, -0.15) is 5.10 Å². The van der Waals surface area contributed by atoms with Gasteiger partial charge in [0.2, 0.25) is 5.91 Å². The number of carbonyl (C=O) groups excluding carboxylic acids is 2. The van der Waals surface area contributed by atoms with E-state index in [4.69, 9.17) is 4.74 Å². The summed E-state index contributed by atoms with van der Waals surface area (Å²) < 4.78 is 6.81. The highest BCUT2D eigenvalue weighted by Gasteiger charge is 2.32. The Balaban J connectivity index is 1.69. The molecule has 0 spiro atoms. The summed E-state index contributed by atoms with van der Waals surface area (Å²) >= 11 is 3.64. The summed E-state index contributed by atoms with van der Waals surface area (Å²) in [4.78, 5) is 24.0. The van der Waals surface area contributed by atoms with E-state index in [1.54, 1.807) is 13.1 Å². The van der Waals surface area contributed by atoms with Gasteiger partial charge in [-0.3, -0.25) is 9.59 Å². The van der Waals surface area contributed by atoms with Gasteiger partial charge in [0.25, 0.3) is 0 Å². The fraction of sp³-hybridized carbons (Fsp3) is 0.421. The molecule has 0 unspecified atom stereocenters. The van der Waals surface area contributed by atoms with Crippen molar-refractivity contribution in [3.63, 3.8) is 0 Å². The van der Waals surface area contributed by atoms with Crippen LogP contribution in [0, 0.1) is 0 Å². The Labute approximate surface area is 167 Å². The maximum atomic E-state index is 12.2. The second kappa shape index (κ2) is 8.84. The molecule has 1 aromatic carbocycles. The molecule has 8 heteroatoms. The number of thioether (sulfide) groups is 2. The molecule has 144 valence electrons. The lowest BCUT2D eigenvalue weighted by Gasteiger charge is -2.19. The van der Waals surface area contributed by atoms with Crippen molar-refractivity contribution in [3.05, 3.63) is 36.0 Å². The highest BCUT2D eigenvalue weighted by Crippen LogP contribution is 2.45. The minimum Gasteiger partial charge on any atom is -0.465 e. The number of fused-ring (bicyclic) bond motifs is 1. The minimum absolute atomic E-state index is 0.0603. The van der Waals surface area contributed by atoms with Gasteiger partial charge in [-0.15, -0.1) is 23.5 Å². The van der Waals surface area contributed by atoms with Crippen molar-refractivity contribution in [2.45, 2.75) is 30.9 Å². The van der Waals surface area contributed by atoms with E-state index in [0.29, 0.717) is 13.0 Å². The summed E-state index contributed by atoms with van der Waals surface area (Å²) in [6.07, 6.45) is 3.91. The van der Waals surface area contributed by atoms with E-state index in [1.807, 2.05) is 58.6 Å². The van der Waals surface area contributed by atoms with Crippen molar-refractivity contribution in [2.24, 2.45) is 5.10 Å². The molecule has 27 heavy (non-hydrogen) atoms. The molecule has 1 saturated heterocycles. The van der Waals surface area contributed by atoms with Crippen LogP contribution in [0.4, 0.5) is 0 Å². The van der Waals surface area contributed by atoms with Crippen LogP contribution < -0.4 is 5.43 Å². The number of amides is 1. The topological polar surface area (TPSA) is 72.7 Å². The van der Waals surface area contributed by atoms with Crippen LogP contribution in [0.5, 0.6) is 0 Å². The number of esters is 1. The highest BCUT2D eigenvalue weighted by atomic mass is 32.2. The molecule has 2 heterocycles. The Morgan fingerprint density at radius 3 is 2.81 bits per heavy atom. The number of para-hydroxylation sites is 1. The van der Waals surface area contributed by atoms with Gasteiger partial charge in [-0.05, 0) is 19.9 Å². The fourth-order valence-corrected chi connectivity index (χ4v) is 5.85. The van der Waals surface area contributed by atoms with E-state index in [9.17, 15) is 9.59 Å². The average molecular weight is 406 g/mol. The molecule has 1 aliphatic rings. The summed E-state index contributed by atoms with van der Waals surface area (Å²) in [6.45, 7) is 4.38. The van der Waals surface area contributed by atoms with Gasteiger partial charge in [0, 0.05) is 34.2 Å². The van der Waals surface area contributed by atoms with Gasteiger partial charge >= 0.3 is 5.97 Å². The second-order valence-electron chi connectivity index (χ2n) is 6.34. The molecule has 0 aliphatic carbocycles. The van der Waals surface area contributed by atoms with Crippen molar-refractivity contribution in [1.82, 2.24) is 9.99 Å². The molecular weight excluding hydrogens is 382 g/mol. The maximum absolute atomic E-state index is 12.2. The first kappa shape index (κ1) is 19.8. The molecule has 3 rings (SSSR count). The summed E-state index contributed by atoms with van der Waals surface area (Å²) in [5, 5.41) is 5.09. The van der Waals surface area contributed by atoms with E-state index >= 15 is 0 Å². The standard InChI is InChI=1S/C19H23N3O3S2/c1-3-25-18(24)13-22-12-14(15-6-4-5-7-16(15)22)11-20-21-17(23)10-19(2)26-8-9-27-19/h4-7,11-12H,3,8-10,13H2,1-2H3,(H,21,23)/b20-11-. The van der Waals surface area contributed by atoms with Crippen molar-refractivity contribution >= 4 is 52.5 Å². The van der Waals surface area contributed by atoms with Gasteiger partial charge in [-0.25, -0.2) is 5.43 Å². The third kappa shape index (κ3) is 5.07. The largest absolute Gasteiger partial charge is 0.465 e. The van der Waals surface area contributed by atoms with Crippen molar-refractivity contribution < 1.29 is 14.3 Å². The number of nitrogens with zero attached hydrogens (tertiary/aromatic N) is 2. The number of hydrazone groups is 1. The fourth-order valence-electron chi connectivity index (χ4n) is 3.02. The predicted molar refractivity (Wildman–Crippen MR) is 112 cm³/mol. The molecule has 1 N–H and O–H groups in total. The monoisotopic (exact) mass is 405 g/mol. The van der Waals surface area contributed by atoms with Gasteiger partial charge in [0.15, 0.2) is 0 Å². The first-order valence-electron chi connectivity index (χ1n) is 8.84. The first-order valence-corrected chi connectivity index (χ1v) is 10.8. The first-order chi connectivity index (χ1) is 13.0. The van der Waals surface area contributed by atoms with Crippen LogP contribution >= 0.6 is 23.5 Å². The van der Waals surface area contributed by atoms with Crippen LogP contribution in [0.1, 0.15) is 25.8 Å². The summed E-state index contributed by atoms with van der Waals surface area (Å²) in [6, 6.07) is 7.76. The Morgan fingerprint density at radius 2 is 2.07 bits per heavy atom. The number of ether oxygens (including phenoxy) is 1. The molecule has 0 saturated carbocycles. The van der Waals surface area contributed by atoms with E-state index < -0.39 is 0 Å². The normalized spacial score (nSPS) is 16.1. The van der Waals surface area contributed by atoms with Crippen LogP contribution in [0.15, 0.2) is 35.6 Å². The zero-order chi connectivity index (χ0) is 19.3. The van der Waals surface area contributed by atoms with Crippen LogP contribution in [-0.2, 0) is 20.9 Å². The summed E-state index contributed by atoms with van der Waals surface area (Å²) in [5.74, 6) is 1.79. The molecular formula is C19H23N3O3S2. The quantitative estimate of drug-likeness (QED) is 0.435. The zero-order valence-corrected chi connectivity index (χ0v) is 17.1. The summed E-state index contributed by atoms with van der Waals surface area (Å²) in [5.41, 5.74) is 4.38. The van der Waals surface area contributed by atoms with E-state index in [1.165, 1.54) is 0 Å². The number of hydrogen-bond acceptors (Lipinski definition) is 6. The number of rotatable bonds is 7. The number of hydrogen-bond donors (Lipinski definition) is 1. The number of aromatic nitrogens is 1. The SMILES string of the molecule is CCOC(=O)Cn1cc(/C=N\NC(=O)CC2(C)SCCS2)c2ccccc21. The van der Waals surface area contributed by atoms with Gasteiger partial charge in [0.05, 0.1) is 23.3 Å². The van der Waals surface area contributed by atoms with Crippen LogP contribution in [0.2, 0.25) is 0 Å². The Morgan fingerprint density at radius 1 is 1.33 bits per heavy atom. The molecule has 0 bridgehead atoms. The third-order valence-corrected chi connectivity index (χ3v) is 7.49. The van der Waals surface area contributed by atoms with Gasteiger partial charge in [-0.1, -0.05) is 18.2 Å². The Hall–Kier alpha value is -1.93. The van der Waals surface area contributed by atoms with E-state index in [2.05, 4.69) is 17.5 Å². The Bertz CT molecular complexity index is 857. The lowest BCUT2D eigenvalue weighted by Crippen LogP contribution is -2.26. The van der Waals surface area contributed by atoms with Crippen LogP contribution in [0.25, 0.3) is 10.9 Å². The molecule has 2 aromatic rings. The third-order valence-electron chi connectivity index (χ3n) is 4.20. The van der Waals surface area contributed by atoms with Crippen molar-refractivity contribution in [1.29, 1.82) is 0 Å². The highest BCUT2D eigenvalue weighted by molar-refractivity contribution is 8.21. The summed E-state index contributed by atoms with van der Waals surface area (Å²) in [7, 11) is 0. The molecule has 0 radical (unpaired) electrons. The van der Waals surface area contributed by atoms with Crippen molar-refractivity contribution in [3.8, 4) is 0 Å².